The van der Waals surface area contributed by atoms with Crippen LogP contribution in [0.25, 0.3) is 10.6 Å². The van der Waals surface area contributed by atoms with E-state index >= 15 is 0 Å². The lowest BCUT2D eigenvalue weighted by Gasteiger charge is -2.34. The molecular formula is C21H23N5OS. The highest BCUT2D eigenvalue weighted by atomic mass is 32.1. The third kappa shape index (κ3) is 3.75. The fourth-order valence-electron chi connectivity index (χ4n) is 3.31. The highest BCUT2D eigenvalue weighted by molar-refractivity contribution is 7.17. The summed E-state index contributed by atoms with van der Waals surface area (Å²) in [5.41, 5.74) is 3.17. The van der Waals surface area contributed by atoms with Crippen molar-refractivity contribution >= 4 is 23.2 Å². The predicted molar refractivity (Wildman–Crippen MR) is 112 cm³/mol. The fourth-order valence-corrected chi connectivity index (χ4v) is 4.35. The number of nitrogens with zero attached hydrogens (tertiary/aromatic N) is 5. The molecule has 7 heteroatoms. The Balaban J connectivity index is 1.46. The van der Waals surface area contributed by atoms with Crippen molar-refractivity contribution in [3.8, 4) is 10.6 Å². The van der Waals surface area contributed by atoms with E-state index in [2.05, 4.69) is 51.0 Å². The average molecular weight is 394 g/mol. The molecule has 3 aromatic rings. The molecule has 1 amide bonds. The van der Waals surface area contributed by atoms with Crippen molar-refractivity contribution in [3.05, 3.63) is 58.9 Å². The number of piperazine rings is 1. The zero-order valence-corrected chi connectivity index (χ0v) is 16.9. The van der Waals surface area contributed by atoms with E-state index in [1.807, 2.05) is 17.9 Å². The Hall–Kier alpha value is -2.80. The SMILES string of the molecule is CCc1ccc(-c2nc(C)c(C(=O)N3CCN(c4ncccn4)CC3)s2)cc1. The van der Waals surface area contributed by atoms with Crippen molar-refractivity contribution in [1.29, 1.82) is 0 Å². The number of amides is 1. The minimum atomic E-state index is 0.0695. The van der Waals surface area contributed by atoms with Gasteiger partial charge in [0, 0.05) is 44.1 Å². The van der Waals surface area contributed by atoms with E-state index in [9.17, 15) is 4.79 Å². The molecule has 0 spiro atoms. The van der Waals surface area contributed by atoms with Crippen molar-refractivity contribution in [3.63, 3.8) is 0 Å². The Morgan fingerprint density at radius 2 is 1.75 bits per heavy atom. The van der Waals surface area contributed by atoms with Crippen LogP contribution in [0.2, 0.25) is 0 Å². The molecule has 1 saturated heterocycles. The summed E-state index contributed by atoms with van der Waals surface area (Å²) in [7, 11) is 0. The topological polar surface area (TPSA) is 62.2 Å². The molecule has 0 N–H and O–H groups in total. The lowest BCUT2D eigenvalue weighted by atomic mass is 10.1. The summed E-state index contributed by atoms with van der Waals surface area (Å²) in [5, 5.41) is 0.903. The Labute approximate surface area is 168 Å². The molecule has 144 valence electrons. The van der Waals surface area contributed by atoms with Gasteiger partial charge < -0.3 is 9.80 Å². The van der Waals surface area contributed by atoms with E-state index in [1.54, 1.807) is 12.4 Å². The van der Waals surface area contributed by atoms with Gasteiger partial charge in [0.25, 0.3) is 5.91 Å². The molecule has 3 heterocycles. The Bertz CT molecular complexity index is 947. The predicted octanol–water partition coefficient (Wildman–Crippen LogP) is 3.43. The number of benzene rings is 1. The summed E-state index contributed by atoms with van der Waals surface area (Å²) >= 11 is 1.48. The van der Waals surface area contributed by atoms with Crippen molar-refractivity contribution in [2.24, 2.45) is 0 Å². The van der Waals surface area contributed by atoms with Crippen LogP contribution >= 0.6 is 11.3 Å². The largest absolute Gasteiger partial charge is 0.337 e. The van der Waals surface area contributed by atoms with Gasteiger partial charge in [0.2, 0.25) is 5.95 Å². The second-order valence-corrected chi connectivity index (χ2v) is 7.81. The third-order valence-electron chi connectivity index (χ3n) is 5.00. The van der Waals surface area contributed by atoms with E-state index < -0.39 is 0 Å². The number of anilines is 1. The van der Waals surface area contributed by atoms with Crippen molar-refractivity contribution in [1.82, 2.24) is 19.9 Å². The van der Waals surface area contributed by atoms with Crippen LogP contribution in [0.5, 0.6) is 0 Å². The number of aromatic nitrogens is 3. The van der Waals surface area contributed by atoms with Crippen LogP contribution in [-0.4, -0.2) is 51.9 Å². The molecule has 2 aromatic heterocycles. The maximum Gasteiger partial charge on any atom is 0.265 e. The molecule has 1 aliphatic rings. The molecule has 1 fully saturated rings. The van der Waals surface area contributed by atoms with Crippen molar-refractivity contribution in [2.75, 3.05) is 31.1 Å². The lowest BCUT2D eigenvalue weighted by molar-refractivity contribution is 0.0750. The number of carbonyl (C=O) groups excluding carboxylic acids is 1. The molecule has 0 saturated carbocycles. The van der Waals surface area contributed by atoms with Crippen LogP contribution in [0.15, 0.2) is 42.7 Å². The van der Waals surface area contributed by atoms with Gasteiger partial charge >= 0.3 is 0 Å². The van der Waals surface area contributed by atoms with Crippen LogP contribution in [0.1, 0.15) is 27.9 Å². The number of carbonyl (C=O) groups is 1. The highest BCUT2D eigenvalue weighted by Crippen LogP contribution is 2.29. The summed E-state index contributed by atoms with van der Waals surface area (Å²) in [6, 6.07) is 10.2. The highest BCUT2D eigenvalue weighted by Gasteiger charge is 2.26. The first-order valence-corrected chi connectivity index (χ1v) is 10.4. The van der Waals surface area contributed by atoms with Crippen LogP contribution in [0, 0.1) is 6.92 Å². The lowest BCUT2D eigenvalue weighted by Crippen LogP contribution is -2.49. The standard InChI is InChI=1S/C21H23N5OS/c1-3-16-5-7-17(8-6-16)19-24-15(2)18(28-19)20(27)25-11-13-26(14-12-25)21-22-9-4-10-23-21/h4-10H,3,11-14H2,1-2H3. The second-order valence-electron chi connectivity index (χ2n) is 6.81. The van der Waals surface area contributed by atoms with Gasteiger partial charge in [-0.2, -0.15) is 0 Å². The van der Waals surface area contributed by atoms with Crippen molar-refractivity contribution < 1.29 is 4.79 Å². The number of hydrogen-bond acceptors (Lipinski definition) is 6. The average Bonchev–Trinajstić information content (AvgIpc) is 3.15. The van der Waals surface area contributed by atoms with Gasteiger partial charge in [-0.3, -0.25) is 4.79 Å². The second kappa shape index (κ2) is 8.06. The Morgan fingerprint density at radius 3 is 2.39 bits per heavy atom. The first-order valence-electron chi connectivity index (χ1n) is 9.53. The van der Waals surface area contributed by atoms with Crippen molar-refractivity contribution in [2.45, 2.75) is 20.3 Å². The summed E-state index contributed by atoms with van der Waals surface area (Å²) in [4.78, 5) is 31.1. The number of hydrogen-bond donors (Lipinski definition) is 0. The van der Waals surface area contributed by atoms with Crippen LogP contribution in [0.3, 0.4) is 0 Å². The molecule has 4 rings (SSSR count). The van der Waals surface area contributed by atoms with Gasteiger partial charge in [-0.25, -0.2) is 15.0 Å². The fraction of sp³-hybridized carbons (Fsp3) is 0.333. The molecule has 1 aromatic carbocycles. The Kier molecular flexibility index (Phi) is 5.34. The van der Waals surface area contributed by atoms with Gasteiger partial charge in [-0.1, -0.05) is 31.2 Å². The summed E-state index contributed by atoms with van der Waals surface area (Å²) in [6.07, 6.45) is 4.51. The van der Waals surface area contributed by atoms with Gasteiger partial charge in [0.1, 0.15) is 9.88 Å². The van der Waals surface area contributed by atoms with Crippen LogP contribution < -0.4 is 4.90 Å². The summed E-state index contributed by atoms with van der Waals surface area (Å²) in [5.74, 6) is 0.793. The van der Waals surface area contributed by atoms with E-state index in [1.165, 1.54) is 16.9 Å². The van der Waals surface area contributed by atoms with Gasteiger partial charge in [0.15, 0.2) is 0 Å². The third-order valence-corrected chi connectivity index (χ3v) is 6.20. The minimum absolute atomic E-state index is 0.0695. The monoisotopic (exact) mass is 393 g/mol. The molecule has 0 atom stereocenters. The minimum Gasteiger partial charge on any atom is -0.337 e. The molecule has 6 nitrogen and oxygen atoms in total. The maximum atomic E-state index is 13.1. The quantitative estimate of drug-likeness (QED) is 0.680. The summed E-state index contributed by atoms with van der Waals surface area (Å²) in [6.45, 7) is 6.85. The molecule has 0 bridgehead atoms. The molecule has 1 aliphatic heterocycles. The first kappa shape index (κ1) is 18.6. The first-order chi connectivity index (χ1) is 13.7. The number of aryl methyl sites for hydroxylation is 2. The van der Waals surface area contributed by atoms with Gasteiger partial charge in [-0.15, -0.1) is 11.3 Å². The molecule has 0 radical (unpaired) electrons. The van der Waals surface area contributed by atoms with Gasteiger partial charge in [-0.05, 0) is 25.0 Å². The van der Waals surface area contributed by atoms with Crippen LogP contribution in [-0.2, 0) is 6.42 Å². The molecule has 0 unspecified atom stereocenters. The normalized spacial score (nSPS) is 14.4. The zero-order chi connectivity index (χ0) is 19.5. The van der Waals surface area contributed by atoms with E-state index in [0.29, 0.717) is 13.1 Å². The number of rotatable bonds is 4. The molecule has 0 aliphatic carbocycles. The van der Waals surface area contributed by atoms with E-state index in [4.69, 9.17) is 0 Å². The Morgan fingerprint density at radius 1 is 1.07 bits per heavy atom. The van der Waals surface area contributed by atoms with E-state index in [0.717, 1.165) is 46.6 Å². The molecular weight excluding hydrogens is 370 g/mol. The zero-order valence-electron chi connectivity index (χ0n) is 16.1. The van der Waals surface area contributed by atoms with Gasteiger partial charge in [0.05, 0.1) is 5.69 Å². The smallest absolute Gasteiger partial charge is 0.265 e. The van der Waals surface area contributed by atoms with Crippen LogP contribution in [0.4, 0.5) is 5.95 Å². The number of thiazole rings is 1. The molecule has 28 heavy (non-hydrogen) atoms. The maximum absolute atomic E-state index is 13.1. The van der Waals surface area contributed by atoms with E-state index in [-0.39, 0.29) is 5.91 Å². The summed E-state index contributed by atoms with van der Waals surface area (Å²) < 4.78 is 0.